The number of nitrogens with one attached hydrogen (secondary N) is 1. The standard InChI is InChI=1S/C9H13N3O3S/c1-12(2)16(14,15)8-5-3-7(4-6-8)9(13)11-10/h3-6H,10H2,1-2H3,(H,11,13). The van der Waals surface area contributed by atoms with Crippen LogP contribution in [0.15, 0.2) is 29.2 Å². The molecule has 88 valence electrons. The van der Waals surface area contributed by atoms with Crippen molar-refractivity contribution in [1.29, 1.82) is 0 Å². The average molecular weight is 243 g/mol. The van der Waals surface area contributed by atoms with E-state index in [4.69, 9.17) is 5.84 Å². The Labute approximate surface area is 94.1 Å². The molecule has 0 bridgehead atoms. The van der Waals surface area contributed by atoms with E-state index in [1.54, 1.807) is 0 Å². The highest BCUT2D eigenvalue weighted by molar-refractivity contribution is 7.89. The van der Waals surface area contributed by atoms with E-state index >= 15 is 0 Å². The Morgan fingerprint density at radius 2 is 1.75 bits per heavy atom. The summed E-state index contributed by atoms with van der Waals surface area (Å²) < 4.78 is 24.5. The molecule has 7 heteroatoms. The van der Waals surface area contributed by atoms with Crippen molar-refractivity contribution in [2.75, 3.05) is 14.1 Å². The predicted molar refractivity (Wildman–Crippen MR) is 59.0 cm³/mol. The molecule has 0 atom stereocenters. The maximum Gasteiger partial charge on any atom is 0.265 e. The summed E-state index contributed by atoms with van der Waals surface area (Å²) in [6.07, 6.45) is 0. The molecule has 0 radical (unpaired) electrons. The first-order valence-corrected chi connectivity index (χ1v) is 5.87. The second-order valence-corrected chi connectivity index (χ2v) is 5.44. The number of sulfonamides is 1. The van der Waals surface area contributed by atoms with Crippen molar-refractivity contribution in [1.82, 2.24) is 9.73 Å². The summed E-state index contributed by atoms with van der Waals surface area (Å²) >= 11 is 0. The SMILES string of the molecule is CN(C)S(=O)(=O)c1ccc(C(=O)NN)cc1. The molecule has 3 N–H and O–H groups in total. The molecule has 1 amide bonds. The molecule has 6 nitrogen and oxygen atoms in total. The summed E-state index contributed by atoms with van der Waals surface area (Å²) in [5.41, 5.74) is 2.27. The molecular formula is C9H13N3O3S. The Morgan fingerprint density at radius 3 is 2.12 bits per heavy atom. The maximum absolute atomic E-state index is 11.7. The number of carbonyl (C=O) groups is 1. The molecule has 0 aromatic heterocycles. The summed E-state index contributed by atoms with van der Waals surface area (Å²) in [4.78, 5) is 11.2. The zero-order valence-electron chi connectivity index (χ0n) is 8.97. The molecule has 0 aliphatic rings. The van der Waals surface area contributed by atoms with Crippen LogP contribution in [-0.2, 0) is 10.0 Å². The fourth-order valence-corrected chi connectivity index (χ4v) is 1.97. The minimum Gasteiger partial charge on any atom is -0.290 e. The Balaban J connectivity index is 3.10. The van der Waals surface area contributed by atoms with E-state index < -0.39 is 15.9 Å². The third kappa shape index (κ3) is 2.38. The normalized spacial score (nSPS) is 11.5. The van der Waals surface area contributed by atoms with E-state index in [9.17, 15) is 13.2 Å². The quantitative estimate of drug-likeness (QED) is 0.427. The number of carbonyl (C=O) groups excluding carboxylic acids is 1. The third-order valence-electron chi connectivity index (χ3n) is 2.03. The summed E-state index contributed by atoms with van der Waals surface area (Å²) in [6.45, 7) is 0. The van der Waals surface area contributed by atoms with Gasteiger partial charge >= 0.3 is 0 Å². The molecule has 0 aliphatic carbocycles. The van der Waals surface area contributed by atoms with Gasteiger partial charge in [0.05, 0.1) is 4.90 Å². The minimum absolute atomic E-state index is 0.131. The topological polar surface area (TPSA) is 92.5 Å². The van der Waals surface area contributed by atoms with Crippen LogP contribution in [0.3, 0.4) is 0 Å². The van der Waals surface area contributed by atoms with Crippen molar-refractivity contribution in [2.24, 2.45) is 5.84 Å². The first kappa shape index (κ1) is 12.6. The fraction of sp³-hybridized carbons (Fsp3) is 0.222. The van der Waals surface area contributed by atoms with Gasteiger partial charge in [0.2, 0.25) is 10.0 Å². The first-order chi connectivity index (χ1) is 7.39. The molecule has 1 aromatic rings. The zero-order chi connectivity index (χ0) is 12.3. The van der Waals surface area contributed by atoms with Gasteiger partial charge in [-0.2, -0.15) is 0 Å². The van der Waals surface area contributed by atoms with Crippen LogP contribution >= 0.6 is 0 Å². The fourth-order valence-electron chi connectivity index (χ4n) is 1.07. The Bertz CT molecular complexity index is 479. The largest absolute Gasteiger partial charge is 0.290 e. The van der Waals surface area contributed by atoms with Gasteiger partial charge in [0, 0.05) is 19.7 Å². The van der Waals surface area contributed by atoms with Crippen LogP contribution in [0.1, 0.15) is 10.4 Å². The molecule has 0 saturated heterocycles. The van der Waals surface area contributed by atoms with E-state index in [1.807, 2.05) is 5.43 Å². The van der Waals surface area contributed by atoms with Crippen molar-refractivity contribution in [3.8, 4) is 0 Å². The highest BCUT2D eigenvalue weighted by Gasteiger charge is 2.17. The van der Waals surface area contributed by atoms with Crippen LogP contribution in [-0.4, -0.2) is 32.7 Å². The molecular weight excluding hydrogens is 230 g/mol. The summed E-state index contributed by atoms with van der Waals surface area (Å²) in [7, 11) is -0.575. The van der Waals surface area contributed by atoms with Crippen LogP contribution in [0, 0.1) is 0 Å². The number of nitrogens with two attached hydrogens (primary N) is 1. The van der Waals surface area contributed by atoms with Crippen LogP contribution in [0.25, 0.3) is 0 Å². The van der Waals surface area contributed by atoms with Crippen molar-refractivity contribution < 1.29 is 13.2 Å². The lowest BCUT2D eigenvalue weighted by molar-refractivity contribution is 0.0953. The number of amides is 1. The molecule has 0 fully saturated rings. The number of rotatable bonds is 3. The molecule has 0 saturated carbocycles. The van der Waals surface area contributed by atoms with Gasteiger partial charge in [-0.05, 0) is 24.3 Å². The van der Waals surface area contributed by atoms with E-state index in [0.29, 0.717) is 5.56 Å². The van der Waals surface area contributed by atoms with Gasteiger partial charge < -0.3 is 0 Å². The van der Waals surface area contributed by atoms with Crippen LogP contribution in [0.2, 0.25) is 0 Å². The number of nitrogens with zero attached hydrogens (tertiary/aromatic N) is 1. The molecule has 0 unspecified atom stereocenters. The van der Waals surface area contributed by atoms with Gasteiger partial charge in [0.1, 0.15) is 0 Å². The number of benzene rings is 1. The van der Waals surface area contributed by atoms with Crippen molar-refractivity contribution in [2.45, 2.75) is 4.90 Å². The van der Waals surface area contributed by atoms with Crippen LogP contribution < -0.4 is 11.3 Å². The second kappa shape index (κ2) is 4.60. The van der Waals surface area contributed by atoms with Crippen LogP contribution in [0.5, 0.6) is 0 Å². The number of hydrogen-bond donors (Lipinski definition) is 2. The molecule has 16 heavy (non-hydrogen) atoms. The smallest absolute Gasteiger partial charge is 0.265 e. The Kier molecular flexibility index (Phi) is 3.63. The van der Waals surface area contributed by atoms with E-state index in [2.05, 4.69) is 0 Å². The van der Waals surface area contributed by atoms with Crippen molar-refractivity contribution >= 4 is 15.9 Å². The van der Waals surface area contributed by atoms with Crippen molar-refractivity contribution in [3.05, 3.63) is 29.8 Å². The highest BCUT2D eigenvalue weighted by atomic mass is 32.2. The van der Waals surface area contributed by atoms with E-state index in [0.717, 1.165) is 4.31 Å². The van der Waals surface area contributed by atoms with Crippen LogP contribution in [0.4, 0.5) is 0 Å². The van der Waals surface area contributed by atoms with Gasteiger partial charge in [0.25, 0.3) is 5.91 Å². The lowest BCUT2D eigenvalue weighted by Crippen LogP contribution is -2.30. The number of hydrazine groups is 1. The predicted octanol–water partition coefficient (Wildman–Crippen LogP) is -0.460. The molecule has 1 aromatic carbocycles. The van der Waals surface area contributed by atoms with Gasteiger partial charge in [-0.25, -0.2) is 18.6 Å². The molecule has 0 heterocycles. The van der Waals surface area contributed by atoms with Gasteiger partial charge in [-0.3, -0.25) is 10.2 Å². The lowest BCUT2D eigenvalue weighted by atomic mass is 10.2. The monoisotopic (exact) mass is 243 g/mol. The molecule has 0 aliphatic heterocycles. The third-order valence-corrected chi connectivity index (χ3v) is 3.86. The summed E-state index contributed by atoms with van der Waals surface area (Å²) in [5, 5.41) is 0. The summed E-state index contributed by atoms with van der Waals surface area (Å²) in [6, 6.07) is 5.52. The number of hydrogen-bond acceptors (Lipinski definition) is 4. The van der Waals surface area contributed by atoms with Crippen molar-refractivity contribution in [3.63, 3.8) is 0 Å². The molecule has 0 spiro atoms. The first-order valence-electron chi connectivity index (χ1n) is 4.43. The Hall–Kier alpha value is -1.44. The maximum atomic E-state index is 11.7. The number of nitrogen functional groups attached to an aromatic ring is 1. The van der Waals surface area contributed by atoms with E-state index in [1.165, 1.54) is 38.4 Å². The zero-order valence-corrected chi connectivity index (χ0v) is 9.78. The summed E-state index contributed by atoms with van der Waals surface area (Å²) in [5.74, 6) is 4.49. The minimum atomic E-state index is -3.46. The van der Waals surface area contributed by atoms with E-state index in [-0.39, 0.29) is 4.90 Å². The average Bonchev–Trinajstić information content (AvgIpc) is 2.28. The lowest BCUT2D eigenvalue weighted by Gasteiger charge is -2.11. The molecule has 1 rings (SSSR count). The van der Waals surface area contributed by atoms with Gasteiger partial charge in [-0.1, -0.05) is 0 Å². The Morgan fingerprint density at radius 1 is 1.25 bits per heavy atom. The highest BCUT2D eigenvalue weighted by Crippen LogP contribution is 2.13. The second-order valence-electron chi connectivity index (χ2n) is 3.29. The van der Waals surface area contributed by atoms with Gasteiger partial charge in [-0.15, -0.1) is 0 Å². The van der Waals surface area contributed by atoms with Gasteiger partial charge in [0.15, 0.2) is 0 Å².